The molecule has 1 atom stereocenters. The molecule has 0 fully saturated rings. The van der Waals surface area contributed by atoms with E-state index in [0.717, 1.165) is 22.6 Å². The normalized spacial score (nSPS) is 13.0. The first-order valence-electron chi connectivity index (χ1n) is 5.56. The number of nitrogens with zero attached hydrogens (tertiary/aromatic N) is 3. The maximum Gasteiger partial charge on any atom is 0.153 e. The lowest BCUT2D eigenvalue weighted by atomic mass is 10.2. The second-order valence-electron chi connectivity index (χ2n) is 3.57. The molecule has 1 unspecified atom stereocenters. The van der Waals surface area contributed by atoms with Crippen LogP contribution in [0.2, 0.25) is 0 Å². The molecule has 0 radical (unpaired) electrons. The summed E-state index contributed by atoms with van der Waals surface area (Å²) in [6.07, 6.45) is 1.22. The molecule has 0 amide bonds. The fourth-order valence-corrected chi connectivity index (χ4v) is 3.11. The quantitative estimate of drug-likeness (QED) is 0.785. The summed E-state index contributed by atoms with van der Waals surface area (Å²) in [5, 5.41) is 11.5. The third-order valence-corrected chi connectivity index (χ3v) is 4.07. The fraction of sp³-hybridized carbons (Fsp3) is 0.800. The van der Waals surface area contributed by atoms with Crippen molar-refractivity contribution in [1.29, 1.82) is 0 Å². The number of hydrogen-bond acceptors (Lipinski definition) is 4. The van der Waals surface area contributed by atoms with E-state index in [1.165, 1.54) is 12.2 Å². The number of rotatable bonds is 7. The summed E-state index contributed by atoms with van der Waals surface area (Å²) in [4.78, 5) is 0. The number of aryl methyl sites for hydroxylation is 1. The van der Waals surface area contributed by atoms with Gasteiger partial charge in [0.05, 0.1) is 11.7 Å². The van der Waals surface area contributed by atoms with E-state index in [-0.39, 0.29) is 0 Å². The smallest absolute Gasteiger partial charge is 0.153 e. The first-order valence-corrected chi connectivity index (χ1v) is 7.51. The van der Waals surface area contributed by atoms with Crippen LogP contribution < -0.4 is 5.32 Å². The molecule has 0 aliphatic heterocycles. The third kappa shape index (κ3) is 3.75. The van der Waals surface area contributed by atoms with Crippen LogP contribution in [0.25, 0.3) is 0 Å². The molecule has 0 aliphatic rings. The minimum absolute atomic E-state index is 0.316. The monoisotopic (exact) mass is 306 g/mol. The standard InChI is InChI=1S/C10H19BrN4S/c1-4-6-16-7-8(12-5-2)9-10(11)13-14-15(9)3/h8,12H,4-7H2,1-3H3. The van der Waals surface area contributed by atoms with E-state index in [9.17, 15) is 0 Å². The van der Waals surface area contributed by atoms with E-state index >= 15 is 0 Å². The lowest BCUT2D eigenvalue weighted by molar-refractivity contribution is 0.548. The Balaban J connectivity index is 2.68. The van der Waals surface area contributed by atoms with Crippen LogP contribution in [0.3, 0.4) is 0 Å². The third-order valence-electron chi connectivity index (χ3n) is 2.24. The number of thioether (sulfide) groups is 1. The molecule has 0 aliphatic carbocycles. The second kappa shape index (κ2) is 7.29. The van der Waals surface area contributed by atoms with Gasteiger partial charge >= 0.3 is 0 Å². The van der Waals surface area contributed by atoms with Gasteiger partial charge in [0, 0.05) is 12.8 Å². The van der Waals surface area contributed by atoms with E-state index in [1.807, 2.05) is 23.5 Å². The summed E-state index contributed by atoms with van der Waals surface area (Å²) in [6.45, 7) is 5.28. The predicted octanol–water partition coefficient (Wildman–Crippen LogP) is 2.37. The zero-order valence-electron chi connectivity index (χ0n) is 10.0. The second-order valence-corrected chi connectivity index (χ2v) is 5.48. The van der Waals surface area contributed by atoms with Gasteiger partial charge in [0.15, 0.2) is 4.60 Å². The van der Waals surface area contributed by atoms with Crippen LogP contribution in [-0.2, 0) is 7.05 Å². The van der Waals surface area contributed by atoms with Crippen LogP contribution in [0.4, 0.5) is 0 Å². The molecule has 0 saturated carbocycles. The Bertz CT molecular complexity index is 296. The predicted molar refractivity (Wildman–Crippen MR) is 72.7 cm³/mol. The number of aromatic nitrogens is 3. The number of hydrogen-bond donors (Lipinski definition) is 1. The maximum atomic E-state index is 4.03. The Morgan fingerprint density at radius 3 is 2.75 bits per heavy atom. The summed E-state index contributed by atoms with van der Waals surface area (Å²) in [5.41, 5.74) is 1.13. The summed E-state index contributed by atoms with van der Waals surface area (Å²) in [6, 6.07) is 0.316. The Hall–Kier alpha value is -0.0700. The van der Waals surface area contributed by atoms with Crippen LogP contribution in [-0.4, -0.2) is 33.0 Å². The first kappa shape index (κ1) is 14.0. The van der Waals surface area contributed by atoms with E-state index in [0.29, 0.717) is 6.04 Å². The molecule has 0 bridgehead atoms. The number of nitrogens with one attached hydrogen (secondary N) is 1. The van der Waals surface area contributed by atoms with Crippen molar-refractivity contribution in [2.75, 3.05) is 18.1 Å². The molecular formula is C10H19BrN4S. The lowest BCUT2D eigenvalue weighted by Crippen LogP contribution is -2.25. The van der Waals surface area contributed by atoms with Gasteiger partial charge in [-0.3, -0.25) is 0 Å². The van der Waals surface area contributed by atoms with Crippen LogP contribution in [0.5, 0.6) is 0 Å². The molecule has 0 spiro atoms. The van der Waals surface area contributed by atoms with Crippen LogP contribution in [0.15, 0.2) is 4.60 Å². The Morgan fingerprint density at radius 2 is 2.25 bits per heavy atom. The highest BCUT2D eigenvalue weighted by atomic mass is 79.9. The molecule has 6 heteroatoms. The minimum atomic E-state index is 0.316. The molecule has 92 valence electrons. The van der Waals surface area contributed by atoms with E-state index < -0.39 is 0 Å². The SMILES string of the molecule is CCCSCC(NCC)c1c(Br)nnn1C. The Morgan fingerprint density at radius 1 is 1.50 bits per heavy atom. The van der Waals surface area contributed by atoms with Crippen molar-refractivity contribution in [3.05, 3.63) is 10.3 Å². The molecule has 1 aromatic heterocycles. The van der Waals surface area contributed by atoms with E-state index in [4.69, 9.17) is 0 Å². The van der Waals surface area contributed by atoms with Gasteiger partial charge in [0.25, 0.3) is 0 Å². The molecule has 0 saturated heterocycles. The first-order chi connectivity index (χ1) is 7.70. The summed E-state index contributed by atoms with van der Waals surface area (Å²) in [7, 11) is 1.93. The largest absolute Gasteiger partial charge is 0.308 e. The van der Waals surface area contributed by atoms with Gasteiger partial charge in [0.2, 0.25) is 0 Å². The van der Waals surface area contributed by atoms with Gasteiger partial charge < -0.3 is 5.32 Å². The molecule has 16 heavy (non-hydrogen) atoms. The molecule has 1 rings (SSSR count). The highest BCUT2D eigenvalue weighted by Crippen LogP contribution is 2.23. The number of halogens is 1. The lowest BCUT2D eigenvalue weighted by Gasteiger charge is -2.17. The van der Waals surface area contributed by atoms with Gasteiger partial charge in [-0.05, 0) is 34.6 Å². The van der Waals surface area contributed by atoms with Crippen LogP contribution in [0, 0.1) is 0 Å². The van der Waals surface area contributed by atoms with E-state index in [2.05, 4.69) is 45.4 Å². The van der Waals surface area contributed by atoms with Gasteiger partial charge in [-0.25, -0.2) is 4.68 Å². The van der Waals surface area contributed by atoms with Crippen molar-refractivity contribution < 1.29 is 0 Å². The summed E-state index contributed by atoms with van der Waals surface area (Å²) >= 11 is 5.42. The van der Waals surface area contributed by atoms with Crippen molar-refractivity contribution in [2.45, 2.75) is 26.3 Å². The van der Waals surface area contributed by atoms with Gasteiger partial charge in [-0.2, -0.15) is 11.8 Å². The Kier molecular flexibility index (Phi) is 6.38. The van der Waals surface area contributed by atoms with Crippen LogP contribution in [0.1, 0.15) is 32.0 Å². The maximum absolute atomic E-state index is 4.03. The topological polar surface area (TPSA) is 42.7 Å². The van der Waals surface area contributed by atoms with Crippen molar-refractivity contribution >= 4 is 27.7 Å². The van der Waals surface area contributed by atoms with Gasteiger partial charge in [0.1, 0.15) is 0 Å². The van der Waals surface area contributed by atoms with Crippen molar-refractivity contribution in [2.24, 2.45) is 7.05 Å². The van der Waals surface area contributed by atoms with Crippen molar-refractivity contribution in [1.82, 2.24) is 20.3 Å². The fourth-order valence-electron chi connectivity index (χ4n) is 1.54. The zero-order valence-corrected chi connectivity index (χ0v) is 12.4. The molecule has 1 aromatic rings. The minimum Gasteiger partial charge on any atom is -0.308 e. The summed E-state index contributed by atoms with van der Waals surface area (Å²) in [5.74, 6) is 2.26. The van der Waals surface area contributed by atoms with E-state index in [1.54, 1.807) is 0 Å². The van der Waals surface area contributed by atoms with Crippen molar-refractivity contribution in [3.63, 3.8) is 0 Å². The highest BCUT2D eigenvalue weighted by Gasteiger charge is 2.18. The average molecular weight is 307 g/mol. The average Bonchev–Trinajstić information content (AvgIpc) is 2.58. The molecule has 0 aromatic carbocycles. The molecule has 1 N–H and O–H groups in total. The van der Waals surface area contributed by atoms with Gasteiger partial charge in [-0.15, -0.1) is 5.10 Å². The molecule has 1 heterocycles. The zero-order chi connectivity index (χ0) is 12.0. The van der Waals surface area contributed by atoms with Gasteiger partial charge in [-0.1, -0.05) is 19.1 Å². The molecular weight excluding hydrogens is 288 g/mol. The van der Waals surface area contributed by atoms with Crippen LogP contribution >= 0.6 is 27.7 Å². The Labute approximate surface area is 110 Å². The van der Waals surface area contributed by atoms with Crippen molar-refractivity contribution in [3.8, 4) is 0 Å². The molecule has 4 nitrogen and oxygen atoms in total. The highest BCUT2D eigenvalue weighted by molar-refractivity contribution is 9.10. The summed E-state index contributed by atoms with van der Waals surface area (Å²) < 4.78 is 2.68.